The Kier molecular flexibility index (Phi) is 8.71. The summed E-state index contributed by atoms with van der Waals surface area (Å²) in [4.78, 5) is 37.5. The van der Waals surface area contributed by atoms with Crippen LogP contribution in [0, 0.1) is 0 Å². The molecule has 0 radical (unpaired) electrons. The Hall–Kier alpha value is -3.45. The average Bonchev–Trinajstić information content (AvgIpc) is 3.70. The number of fused-ring (bicyclic) bond motifs is 2. The first-order valence-electron chi connectivity index (χ1n) is 13.6. The number of furan rings is 1. The highest BCUT2D eigenvalue weighted by molar-refractivity contribution is 9.10. The van der Waals surface area contributed by atoms with E-state index in [1.807, 2.05) is 61.5 Å². The number of carbonyl (C=O) groups excluding carboxylic acids is 1. The normalized spacial score (nSPS) is 15.1. The first-order valence-corrected chi connectivity index (χ1v) is 16.8. The van der Waals surface area contributed by atoms with Crippen LogP contribution >= 0.6 is 50.4 Å². The molecule has 8 nitrogen and oxygen atoms in total. The van der Waals surface area contributed by atoms with Gasteiger partial charge in [-0.05, 0) is 67.6 Å². The van der Waals surface area contributed by atoms with Gasteiger partial charge in [0.15, 0.2) is 14.2 Å². The zero-order valence-corrected chi connectivity index (χ0v) is 27.5. The lowest BCUT2D eigenvalue weighted by atomic mass is 9.93. The predicted octanol–water partition coefficient (Wildman–Crippen LogP) is 6.70. The average molecular weight is 697 g/mol. The molecule has 0 N–H and O–H groups in total. The maximum Gasteiger partial charge on any atom is 0.338 e. The molecule has 220 valence electrons. The first kappa shape index (κ1) is 29.6. The van der Waals surface area contributed by atoms with E-state index in [1.54, 1.807) is 36.0 Å². The number of hydrogen-bond donors (Lipinski definition) is 0. The lowest BCUT2D eigenvalue weighted by Gasteiger charge is -2.27. The lowest BCUT2D eigenvalue weighted by molar-refractivity contribution is -0.139. The number of benzene rings is 2. The second kappa shape index (κ2) is 12.7. The zero-order valence-electron chi connectivity index (χ0n) is 23.5. The van der Waals surface area contributed by atoms with Crippen LogP contribution in [0.25, 0.3) is 16.3 Å². The fourth-order valence-corrected chi connectivity index (χ4v) is 8.26. The van der Waals surface area contributed by atoms with Crippen LogP contribution in [0.1, 0.15) is 44.1 Å². The summed E-state index contributed by atoms with van der Waals surface area (Å²) in [6.07, 6.45) is 3.03. The highest BCUT2D eigenvalue weighted by Gasteiger charge is 2.36. The Bertz CT molecular complexity index is 2020. The molecule has 3 aromatic heterocycles. The van der Waals surface area contributed by atoms with Gasteiger partial charge in [-0.1, -0.05) is 52.7 Å². The molecule has 5 aromatic rings. The van der Waals surface area contributed by atoms with Gasteiger partial charge in [0.2, 0.25) is 0 Å². The fraction of sp³-hybridized carbons (Fsp3) is 0.226. The maximum atomic E-state index is 14.1. The second-order valence-electron chi connectivity index (χ2n) is 9.51. The quantitative estimate of drug-likeness (QED) is 0.158. The van der Waals surface area contributed by atoms with Gasteiger partial charge in [-0.3, -0.25) is 9.36 Å². The van der Waals surface area contributed by atoms with Crippen LogP contribution in [-0.4, -0.2) is 29.2 Å². The third-order valence-electron chi connectivity index (χ3n) is 6.72. The monoisotopic (exact) mass is 695 g/mol. The zero-order chi connectivity index (χ0) is 30.1. The molecule has 43 heavy (non-hydrogen) atoms. The Morgan fingerprint density at radius 2 is 2.00 bits per heavy atom. The smallest absolute Gasteiger partial charge is 0.338 e. The van der Waals surface area contributed by atoms with E-state index < -0.39 is 12.0 Å². The topological polar surface area (TPSA) is 95.9 Å². The van der Waals surface area contributed by atoms with Crippen molar-refractivity contribution in [1.29, 1.82) is 0 Å². The molecular weight excluding hydrogens is 670 g/mol. The van der Waals surface area contributed by atoms with Gasteiger partial charge in [0.25, 0.3) is 5.56 Å². The number of methoxy groups -OCH3 is 1. The number of carbonyl (C=O) groups is 1. The lowest BCUT2D eigenvalue weighted by Crippen LogP contribution is -2.40. The summed E-state index contributed by atoms with van der Waals surface area (Å²) in [5.74, 6) is 0.576. The number of para-hydroxylation sites is 1. The third-order valence-corrected chi connectivity index (χ3v) is 10.2. The van der Waals surface area contributed by atoms with Gasteiger partial charge in [0, 0.05) is 16.1 Å². The van der Waals surface area contributed by atoms with Gasteiger partial charge in [-0.15, -0.1) is 11.3 Å². The molecule has 0 amide bonds. The van der Waals surface area contributed by atoms with Crippen LogP contribution in [0.2, 0.25) is 0 Å². The number of aromatic nitrogens is 2. The highest BCUT2D eigenvalue weighted by atomic mass is 79.9. The molecule has 1 atom stereocenters. The van der Waals surface area contributed by atoms with Crippen molar-refractivity contribution in [2.45, 2.75) is 42.2 Å². The summed E-state index contributed by atoms with van der Waals surface area (Å²) < 4.78 is 22.0. The van der Waals surface area contributed by atoms with Crippen molar-refractivity contribution >= 4 is 72.6 Å². The predicted molar refractivity (Wildman–Crippen MR) is 173 cm³/mol. The minimum atomic E-state index is -0.784. The molecular formula is C31H26BrN3O5S3. The molecule has 2 aromatic carbocycles. The number of nitrogens with zero attached hydrogens (tertiary/aromatic N) is 3. The Balaban J connectivity index is 1.45. The van der Waals surface area contributed by atoms with Crippen LogP contribution in [0.15, 0.2) is 94.0 Å². The molecule has 6 rings (SSSR count). The van der Waals surface area contributed by atoms with Crippen LogP contribution in [-0.2, 0) is 9.53 Å². The van der Waals surface area contributed by atoms with Crippen molar-refractivity contribution in [2.24, 2.45) is 4.99 Å². The standard InChI is InChI=1S/C31H26BrN3O5S3/c1-4-8-21-26(29(37)39-5-2)27(19-15-17(32)11-13-22(19)38-3)35-28(36)24(41-30(35)33-21)16-18-12-14-25(40-18)43-31-34-20-9-6-7-10-23(20)42-31/h6-7,9-16,27H,4-5,8H2,1-3H3/b24-16+/t27-/m0/s1. The van der Waals surface area contributed by atoms with E-state index in [0.29, 0.717) is 49.2 Å². The van der Waals surface area contributed by atoms with E-state index in [1.165, 1.54) is 23.1 Å². The number of halogens is 1. The molecule has 0 fully saturated rings. The van der Waals surface area contributed by atoms with Gasteiger partial charge in [-0.2, -0.15) is 0 Å². The maximum absolute atomic E-state index is 14.1. The van der Waals surface area contributed by atoms with E-state index in [2.05, 4.69) is 20.9 Å². The number of esters is 1. The van der Waals surface area contributed by atoms with E-state index in [9.17, 15) is 9.59 Å². The van der Waals surface area contributed by atoms with Gasteiger partial charge < -0.3 is 13.9 Å². The highest BCUT2D eigenvalue weighted by Crippen LogP contribution is 2.39. The molecule has 0 saturated heterocycles. The SMILES string of the molecule is CCCC1=C(C(=O)OCC)[C@H](c2cc(Br)ccc2OC)n2c(s/c(=C/c3ccc(Sc4nc5ccccc5s4)o3)c2=O)=N1. The number of ether oxygens (including phenoxy) is 2. The Morgan fingerprint density at radius 3 is 2.77 bits per heavy atom. The summed E-state index contributed by atoms with van der Waals surface area (Å²) >= 11 is 7.85. The van der Waals surface area contributed by atoms with Crippen molar-refractivity contribution < 1.29 is 18.7 Å². The summed E-state index contributed by atoms with van der Waals surface area (Å²) in [5, 5.41) is 0.671. The van der Waals surface area contributed by atoms with Crippen LogP contribution in [0.5, 0.6) is 5.75 Å². The van der Waals surface area contributed by atoms with Gasteiger partial charge >= 0.3 is 5.97 Å². The molecule has 4 heterocycles. The molecule has 0 unspecified atom stereocenters. The minimum Gasteiger partial charge on any atom is -0.496 e. The van der Waals surface area contributed by atoms with E-state index in [-0.39, 0.29) is 12.2 Å². The number of allylic oxidation sites excluding steroid dienone is 1. The van der Waals surface area contributed by atoms with Crippen molar-refractivity contribution in [3.63, 3.8) is 0 Å². The van der Waals surface area contributed by atoms with Gasteiger partial charge in [0.1, 0.15) is 17.6 Å². The first-order chi connectivity index (χ1) is 20.9. The molecule has 0 spiro atoms. The molecule has 0 bridgehead atoms. The van der Waals surface area contributed by atoms with Crippen molar-refractivity contribution in [3.05, 3.63) is 101 Å². The fourth-order valence-electron chi connectivity index (χ4n) is 4.91. The van der Waals surface area contributed by atoms with E-state index in [4.69, 9.17) is 18.9 Å². The third kappa shape index (κ3) is 5.88. The summed E-state index contributed by atoms with van der Waals surface area (Å²) in [5.41, 5.74) is 2.26. The minimum absolute atomic E-state index is 0.199. The summed E-state index contributed by atoms with van der Waals surface area (Å²) in [6, 6.07) is 16.4. The largest absolute Gasteiger partial charge is 0.496 e. The van der Waals surface area contributed by atoms with Crippen LogP contribution in [0.3, 0.4) is 0 Å². The molecule has 1 aliphatic rings. The molecule has 1 aliphatic heterocycles. The van der Waals surface area contributed by atoms with Gasteiger partial charge in [0.05, 0.1) is 39.7 Å². The van der Waals surface area contributed by atoms with Crippen LogP contribution < -0.4 is 19.6 Å². The Morgan fingerprint density at radius 1 is 1.16 bits per heavy atom. The molecule has 12 heteroatoms. The number of rotatable bonds is 9. The van der Waals surface area contributed by atoms with Gasteiger partial charge in [-0.25, -0.2) is 14.8 Å². The van der Waals surface area contributed by atoms with Crippen molar-refractivity contribution in [1.82, 2.24) is 9.55 Å². The van der Waals surface area contributed by atoms with Crippen molar-refractivity contribution in [2.75, 3.05) is 13.7 Å². The summed E-state index contributed by atoms with van der Waals surface area (Å²) in [6.45, 7) is 3.98. The van der Waals surface area contributed by atoms with E-state index >= 15 is 0 Å². The summed E-state index contributed by atoms with van der Waals surface area (Å²) in [7, 11) is 1.57. The Labute approximate surface area is 267 Å². The van der Waals surface area contributed by atoms with Crippen LogP contribution in [0.4, 0.5) is 0 Å². The van der Waals surface area contributed by atoms with Crippen molar-refractivity contribution in [3.8, 4) is 5.75 Å². The number of thiazole rings is 2. The second-order valence-corrected chi connectivity index (χ2v) is 13.7. The number of hydrogen-bond acceptors (Lipinski definition) is 10. The van der Waals surface area contributed by atoms with E-state index in [0.717, 1.165) is 25.4 Å². The molecule has 0 saturated carbocycles. The molecule has 0 aliphatic carbocycles.